The molecule has 3 rings (SSSR count). The normalized spacial score (nSPS) is 31.5. The van der Waals surface area contributed by atoms with E-state index in [0.29, 0.717) is 30.4 Å². The predicted octanol–water partition coefficient (Wildman–Crippen LogP) is 2.74. The molecule has 2 nitrogen and oxygen atoms in total. The lowest BCUT2D eigenvalue weighted by Gasteiger charge is -2.28. The Morgan fingerprint density at radius 3 is 2.59 bits per heavy atom. The lowest BCUT2D eigenvalue weighted by atomic mass is 9.93. The summed E-state index contributed by atoms with van der Waals surface area (Å²) in [7, 11) is 0. The minimum atomic E-state index is -0.260. The van der Waals surface area contributed by atoms with Crippen molar-refractivity contribution < 1.29 is 9.13 Å². The Bertz CT molecular complexity index is 384. The van der Waals surface area contributed by atoms with Gasteiger partial charge in [0.05, 0.1) is 6.61 Å². The van der Waals surface area contributed by atoms with Crippen molar-refractivity contribution in [1.29, 1.82) is 0 Å². The lowest BCUT2D eigenvalue weighted by Crippen LogP contribution is -2.39. The molecule has 92 valence electrons. The molecular weight excluding hydrogens is 217 g/mol. The van der Waals surface area contributed by atoms with Crippen LogP contribution in [0, 0.1) is 11.7 Å². The van der Waals surface area contributed by atoms with E-state index in [-0.39, 0.29) is 5.82 Å². The van der Waals surface area contributed by atoms with E-state index in [9.17, 15) is 4.39 Å². The van der Waals surface area contributed by atoms with Crippen LogP contribution in [-0.4, -0.2) is 18.7 Å². The van der Waals surface area contributed by atoms with Gasteiger partial charge in [-0.3, -0.25) is 0 Å². The number of para-hydroxylation sites is 1. The average molecular weight is 235 g/mol. The second kappa shape index (κ2) is 4.65. The summed E-state index contributed by atoms with van der Waals surface area (Å²) in [6.45, 7) is 0.648. The number of nitrogens with one attached hydrogen (secondary N) is 1. The third-order valence-corrected chi connectivity index (χ3v) is 3.88. The Balaban J connectivity index is 1.56. The Hall–Kier alpha value is -1.09. The molecule has 2 bridgehead atoms. The number of piperidine rings is 1. The first-order valence-electron chi connectivity index (χ1n) is 6.44. The summed E-state index contributed by atoms with van der Waals surface area (Å²) in [6, 6.07) is 7.98. The molecule has 1 N–H and O–H groups in total. The fourth-order valence-electron chi connectivity index (χ4n) is 3.08. The third kappa shape index (κ3) is 2.44. The summed E-state index contributed by atoms with van der Waals surface area (Å²) >= 11 is 0. The molecule has 1 unspecified atom stereocenters. The van der Waals surface area contributed by atoms with Crippen LogP contribution in [0.1, 0.15) is 25.7 Å². The van der Waals surface area contributed by atoms with Crippen molar-refractivity contribution in [3.8, 4) is 5.75 Å². The molecule has 3 atom stereocenters. The van der Waals surface area contributed by atoms with Crippen molar-refractivity contribution in [2.45, 2.75) is 37.8 Å². The van der Waals surface area contributed by atoms with Crippen molar-refractivity contribution >= 4 is 0 Å². The number of halogens is 1. The summed E-state index contributed by atoms with van der Waals surface area (Å²) in [6.07, 6.45) is 4.93. The SMILES string of the molecule is Fc1ccccc1OCC1C[C@H]2CC[C@@H](C1)N2. The molecule has 2 fully saturated rings. The van der Waals surface area contributed by atoms with Gasteiger partial charge in [0.2, 0.25) is 0 Å². The largest absolute Gasteiger partial charge is 0.490 e. The molecule has 0 radical (unpaired) electrons. The van der Waals surface area contributed by atoms with Crippen molar-refractivity contribution in [3.05, 3.63) is 30.1 Å². The average Bonchev–Trinajstić information content (AvgIpc) is 2.68. The maximum atomic E-state index is 13.4. The number of fused-ring (bicyclic) bond motifs is 2. The van der Waals surface area contributed by atoms with Gasteiger partial charge in [0.1, 0.15) is 0 Å². The molecule has 17 heavy (non-hydrogen) atoms. The van der Waals surface area contributed by atoms with Crippen LogP contribution < -0.4 is 10.1 Å². The highest BCUT2D eigenvalue weighted by Crippen LogP contribution is 2.31. The monoisotopic (exact) mass is 235 g/mol. The molecular formula is C14H18FNO. The van der Waals surface area contributed by atoms with Crippen LogP contribution in [0.5, 0.6) is 5.75 Å². The van der Waals surface area contributed by atoms with Gasteiger partial charge in [-0.25, -0.2) is 4.39 Å². The highest BCUT2D eigenvalue weighted by atomic mass is 19.1. The van der Waals surface area contributed by atoms with Crippen LogP contribution in [0.15, 0.2) is 24.3 Å². The summed E-state index contributed by atoms with van der Waals surface area (Å²) in [5.41, 5.74) is 0. The molecule has 0 aliphatic carbocycles. The number of ether oxygens (including phenoxy) is 1. The maximum Gasteiger partial charge on any atom is 0.165 e. The summed E-state index contributed by atoms with van der Waals surface area (Å²) in [5, 5.41) is 3.60. The highest BCUT2D eigenvalue weighted by molar-refractivity contribution is 5.23. The zero-order valence-electron chi connectivity index (χ0n) is 9.86. The van der Waals surface area contributed by atoms with Crippen LogP contribution in [-0.2, 0) is 0 Å². The van der Waals surface area contributed by atoms with Crippen molar-refractivity contribution in [3.63, 3.8) is 0 Å². The van der Waals surface area contributed by atoms with E-state index >= 15 is 0 Å². The second-order valence-corrected chi connectivity index (χ2v) is 5.22. The number of hydrogen-bond donors (Lipinski definition) is 1. The molecule has 1 aromatic carbocycles. The van der Waals surface area contributed by atoms with Gasteiger partial charge in [-0.2, -0.15) is 0 Å². The van der Waals surface area contributed by atoms with E-state index < -0.39 is 0 Å². The van der Waals surface area contributed by atoms with Crippen molar-refractivity contribution in [2.75, 3.05) is 6.61 Å². The fraction of sp³-hybridized carbons (Fsp3) is 0.571. The molecule has 0 saturated carbocycles. The Morgan fingerprint density at radius 2 is 1.88 bits per heavy atom. The zero-order chi connectivity index (χ0) is 11.7. The van der Waals surface area contributed by atoms with Gasteiger partial charge >= 0.3 is 0 Å². The van der Waals surface area contributed by atoms with E-state index in [1.165, 1.54) is 31.7 Å². The van der Waals surface area contributed by atoms with Gasteiger partial charge in [0, 0.05) is 12.1 Å². The Labute approximate surface area is 101 Å². The lowest BCUT2D eigenvalue weighted by molar-refractivity contribution is 0.185. The number of benzene rings is 1. The minimum absolute atomic E-state index is 0.260. The van der Waals surface area contributed by atoms with Crippen molar-refractivity contribution in [1.82, 2.24) is 5.32 Å². The van der Waals surface area contributed by atoms with Gasteiger partial charge in [-0.15, -0.1) is 0 Å². The molecule has 2 heterocycles. The summed E-state index contributed by atoms with van der Waals surface area (Å²) in [4.78, 5) is 0. The van der Waals surface area contributed by atoms with Crippen LogP contribution in [0.2, 0.25) is 0 Å². The quantitative estimate of drug-likeness (QED) is 0.869. The molecule has 0 aromatic heterocycles. The van der Waals surface area contributed by atoms with E-state index in [1.807, 2.05) is 6.07 Å². The zero-order valence-corrected chi connectivity index (χ0v) is 9.86. The summed E-state index contributed by atoms with van der Waals surface area (Å²) in [5.74, 6) is 0.705. The molecule has 0 amide bonds. The van der Waals surface area contributed by atoms with Gasteiger partial charge in [0.15, 0.2) is 11.6 Å². The molecule has 2 aliphatic rings. The van der Waals surface area contributed by atoms with Crippen LogP contribution in [0.4, 0.5) is 4.39 Å². The fourth-order valence-corrected chi connectivity index (χ4v) is 3.08. The summed E-state index contributed by atoms with van der Waals surface area (Å²) < 4.78 is 19.0. The van der Waals surface area contributed by atoms with Crippen molar-refractivity contribution in [2.24, 2.45) is 5.92 Å². The standard InChI is InChI=1S/C14H18FNO/c15-13-3-1-2-4-14(13)17-9-10-7-11-5-6-12(8-10)16-11/h1-4,10-12,16H,5-9H2/t10?,11-,12+. The first-order valence-corrected chi connectivity index (χ1v) is 6.44. The minimum Gasteiger partial charge on any atom is -0.490 e. The van der Waals surface area contributed by atoms with Gasteiger partial charge in [0.25, 0.3) is 0 Å². The Morgan fingerprint density at radius 1 is 1.18 bits per heavy atom. The first-order chi connectivity index (χ1) is 8.31. The first kappa shape index (κ1) is 11.0. The topological polar surface area (TPSA) is 21.3 Å². The van der Waals surface area contributed by atoms with Crippen LogP contribution >= 0.6 is 0 Å². The van der Waals surface area contributed by atoms with Gasteiger partial charge in [-0.05, 0) is 43.7 Å². The van der Waals surface area contributed by atoms with E-state index in [4.69, 9.17) is 4.74 Å². The third-order valence-electron chi connectivity index (χ3n) is 3.88. The maximum absolute atomic E-state index is 13.4. The number of rotatable bonds is 3. The number of hydrogen-bond acceptors (Lipinski definition) is 2. The molecule has 2 aliphatic heterocycles. The highest BCUT2D eigenvalue weighted by Gasteiger charge is 2.33. The molecule has 0 spiro atoms. The van der Waals surface area contributed by atoms with Gasteiger partial charge < -0.3 is 10.1 Å². The molecule has 1 aromatic rings. The van der Waals surface area contributed by atoms with Gasteiger partial charge in [-0.1, -0.05) is 12.1 Å². The second-order valence-electron chi connectivity index (χ2n) is 5.22. The van der Waals surface area contributed by atoms with Crippen LogP contribution in [0.25, 0.3) is 0 Å². The van der Waals surface area contributed by atoms with Crippen LogP contribution in [0.3, 0.4) is 0 Å². The molecule has 2 saturated heterocycles. The van der Waals surface area contributed by atoms with E-state index in [0.717, 1.165) is 0 Å². The Kier molecular flexibility index (Phi) is 3.02. The molecule has 3 heteroatoms. The van der Waals surface area contributed by atoms with E-state index in [2.05, 4.69) is 5.32 Å². The predicted molar refractivity (Wildman–Crippen MR) is 64.6 cm³/mol. The van der Waals surface area contributed by atoms with E-state index in [1.54, 1.807) is 12.1 Å². The smallest absolute Gasteiger partial charge is 0.165 e.